The number of nitrogens with zero attached hydrogens (tertiary/aromatic N) is 1. The van der Waals surface area contributed by atoms with Crippen molar-refractivity contribution >= 4 is 23.6 Å². The van der Waals surface area contributed by atoms with Crippen LogP contribution in [0, 0.1) is 17.2 Å². The third-order valence-corrected chi connectivity index (χ3v) is 4.81. The second-order valence-electron chi connectivity index (χ2n) is 6.67. The zero-order valence-corrected chi connectivity index (χ0v) is 17.1. The van der Waals surface area contributed by atoms with E-state index in [0.29, 0.717) is 5.92 Å². The molecule has 1 atom stereocenters. The van der Waals surface area contributed by atoms with Crippen molar-refractivity contribution < 1.29 is 14.3 Å². The molecular formula is C19H27N3O4S. The number of carbonyl (C=O) groups excluding carboxylic acids is 2. The SMILES string of the molecule is CCOC(=O)c1cc(C#N)c(SCC(=O)N[C@H](C)CCCC(C)C)[nH]c1=O. The van der Waals surface area contributed by atoms with Gasteiger partial charge in [-0.05, 0) is 32.3 Å². The number of hydrogen-bond acceptors (Lipinski definition) is 6. The number of aromatic amines is 1. The summed E-state index contributed by atoms with van der Waals surface area (Å²) in [5, 5.41) is 12.4. The van der Waals surface area contributed by atoms with Crippen LogP contribution >= 0.6 is 11.8 Å². The fraction of sp³-hybridized carbons (Fsp3) is 0.579. The van der Waals surface area contributed by atoms with Crippen molar-refractivity contribution in [2.45, 2.75) is 58.0 Å². The minimum Gasteiger partial charge on any atom is -0.462 e. The second kappa shape index (κ2) is 11.4. The molecule has 0 aromatic carbocycles. The Bertz CT molecular complexity index is 752. The Morgan fingerprint density at radius 2 is 2.04 bits per heavy atom. The fourth-order valence-corrected chi connectivity index (χ4v) is 3.21. The maximum Gasteiger partial charge on any atom is 0.343 e. The Morgan fingerprint density at radius 1 is 1.33 bits per heavy atom. The van der Waals surface area contributed by atoms with Crippen LogP contribution < -0.4 is 10.9 Å². The number of pyridine rings is 1. The lowest BCUT2D eigenvalue weighted by Gasteiger charge is -2.14. The van der Waals surface area contributed by atoms with Gasteiger partial charge < -0.3 is 15.0 Å². The summed E-state index contributed by atoms with van der Waals surface area (Å²) in [7, 11) is 0. The molecule has 1 aromatic heterocycles. The molecule has 148 valence electrons. The molecule has 1 aromatic rings. The zero-order chi connectivity index (χ0) is 20.4. The summed E-state index contributed by atoms with van der Waals surface area (Å²) in [6, 6.07) is 3.20. The fourth-order valence-electron chi connectivity index (χ4n) is 2.43. The third kappa shape index (κ3) is 7.87. The van der Waals surface area contributed by atoms with Gasteiger partial charge in [0.05, 0.1) is 22.9 Å². The summed E-state index contributed by atoms with van der Waals surface area (Å²) in [4.78, 5) is 38.4. The summed E-state index contributed by atoms with van der Waals surface area (Å²) in [6.45, 7) is 8.05. The van der Waals surface area contributed by atoms with Crippen LogP contribution in [0.5, 0.6) is 0 Å². The number of rotatable bonds is 10. The van der Waals surface area contributed by atoms with Gasteiger partial charge in [0.1, 0.15) is 11.6 Å². The molecule has 0 fully saturated rings. The van der Waals surface area contributed by atoms with Gasteiger partial charge in [-0.3, -0.25) is 9.59 Å². The molecule has 0 radical (unpaired) electrons. The average Bonchev–Trinajstić information content (AvgIpc) is 2.59. The number of thioether (sulfide) groups is 1. The Labute approximate surface area is 163 Å². The van der Waals surface area contributed by atoms with Crippen molar-refractivity contribution in [2.24, 2.45) is 5.92 Å². The monoisotopic (exact) mass is 393 g/mol. The van der Waals surface area contributed by atoms with Crippen molar-refractivity contribution in [3.63, 3.8) is 0 Å². The predicted octanol–water partition coefficient (Wildman–Crippen LogP) is 2.85. The highest BCUT2D eigenvalue weighted by atomic mass is 32.2. The first kappa shape index (κ1) is 22.8. The highest BCUT2D eigenvalue weighted by Gasteiger charge is 2.17. The average molecular weight is 394 g/mol. The summed E-state index contributed by atoms with van der Waals surface area (Å²) in [5.74, 6) is -0.240. The van der Waals surface area contributed by atoms with Gasteiger partial charge >= 0.3 is 5.97 Å². The number of H-pyrrole nitrogens is 1. The first-order valence-corrected chi connectivity index (χ1v) is 10.0. The van der Waals surface area contributed by atoms with Crippen LogP contribution in [-0.4, -0.2) is 35.3 Å². The van der Waals surface area contributed by atoms with E-state index in [4.69, 9.17) is 4.74 Å². The molecule has 2 N–H and O–H groups in total. The van der Waals surface area contributed by atoms with Crippen molar-refractivity contribution in [1.29, 1.82) is 5.26 Å². The number of esters is 1. The first-order valence-electron chi connectivity index (χ1n) is 9.05. The van der Waals surface area contributed by atoms with E-state index in [0.717, 1.165) is 31.0 Å². The van der Waals surface area contributed by atoms with Crippen LogP contribution in [0.1, 0.15) is 62.9 Å². The number of nitrogens with one attached hydrogen (secondary N) is 2. The molecule has 0 saturated heterocycles. The van der Waals surface area contributed by atoms with Gasteiger partial charge in [0, 0.05) is 6.04 Å². The quantitative estimate of drug-likeness (QED) is 0.467. The third-order valence-electron chi connectivity index (χ3n) is 3.79. The zero-order valence-electron chi connectivity index (χ0n) is 16.3. The minimum absolute atomic E-state index is 0.0672. The second-order valence-corrected chi connectivity index (χ2v) is 7.65. The number of nitriles is 1. The Hall–Kier alpha value is -2.27. The van der Waals surface area contributed by atoms with Gasteiger partial charge in [-0.15, -0.1) is 0 Å². The number of amides is 1. The van der Waals surface area contributed by atoms with Gasteiger partial charge in [0.2, 0.25) is 5.91 Å². The normalized spacial score (nSPS) is 11.7. The largest absolute Gasteiger partial charge is 0.462 e. The topological polar surface area (TPSA) is 112 Å². The van der Waals surface area contributed by atoms with Crippen molar-refractivity contribution in [3.8, 4) is 6.07 Å². The molecule has 8 heteroatoms. The van der Waals surface area contributed by atoms with E-state index >= 15 is 0 Å². The summed E-state index contributed by atoms with van der Waals surface area (Å²) in [5.41, 5.74) is -0.737. The highest BCUT2D eigenvalue weighted by Crippen LogP contribution is 2.19. The first-order chi connectivity index (χ1) is 12.8. The maximum atomic E-state index is 12.1. The molecule has 0 bridgehead atoms. The van der Waals surface area contributed by atoms with Gasteiger partial charge in [0.25, 0.3) is 5.56 Å². The number of carbonyl (C=O) groups is 2. The Morgan fingerprint density at radius 3 is 2.63 bits per heavy atom. The lowest BCUT2D eigenvalue weighted by atomic mass is 10.0. The molecule has 0 saturated carbocycles. The standard InChI is InChI=1S/C19H27N3O4S/c1-5-26-19(25)15-9-14(10-20)18(22-17(15)24)27-11-16(23)21-13(4)8-6-7-12(2)3/h9,12-13H,5-8,11H2,1-4H3,(H,21,23)(H,22,24)/t13-/m1/s1. The lowest BCUT2D eigenvalue weighted by molar-refractivity contribution is -0.119. The van der Waals surface area contributed by atoms with E-state index in [1.807, 2.05) is 13.0 Å². The van der Waals surface area contributed by atoms with Crippen molar-refractivity contribution in [1.82, 2.24) is 10.3 Å². The molecule has 0 spiro atoms. The van der Waals surface area contributed by atoms with Gasteiger partial charge in [0.15, 0.2) is 0 Å². The molecule has 0 aliphatic carbocycles. The van der Waals surface area contributed by atoms with Gasteiger partial charge in [-0.1, -0.05) is 38.5 Å². The highest BCUT2D eigenvalue weighted by molar-refractivity contribution is 8.00. The minimum atomic E-state index is -0.778. The number of aromatic nitrogens is 1. The van der Waals surface area contributed by atoms with Crippen molar-refractivity contribution in [2.75, 3.05) is 12.4 Å². The van der Waals surface area contributed by atoms with Crippen LogP contribution in [0.3, 0.4) is 0 Å². The van der Waals surface area contributed by atoms with Crippen LogP contribution in [0.15, 0.2) is 15.9 Å². The summed E-state index contributed by atoms with van der Waals surface area (Å²) in [6.07, 6.45) is 3.07. The number of ether oxygens (including phenoxy) is 1. The predicted molar refractivity (Wildman–Crippen MR) is 105 cm³/mol. The maximum absolute atomic E-state index is 12.1. The molecule has 7 nitrogen and oxygen atoms in total. The molecule has 1 rings (SSSR count). The number of hydrogen-bond donors (Lipinski definition) is 2. The summed E-state index contributed by atoms with van der Waals surface area (Å²) < 4.78 is 4.80. The Balaban J connectivity index is 2.67. The molecule has 0 aliphatic rings. The van der Waals surface area contributed by atoms with Crippen LogP contribution in [-0.2, 0) is 9.53 Å². The smallest absolute Gasteiger partial charge is 0.343 e. The molecule has 0 unspecified atom stereocenters. The van der Waals surface area contributed by atoms with Crippen LogP contribution in [0.2, 0.25) is 0 Å². The van der Waals surface area contributed by atoms with E-state index < -0.39 is 11.5 Å². The lowest BCUT2D eigenvalue weighted by Crippen LogP contribution is -2.34. The van der Waals surface area contributed by atoms with Gasteiger partial charge in [-0.2, -0.15) is 5.26 Å². The molecule has 1 heterocycles. The summed E-state index contributed by atoms with van der Waals surface area (Å²) >= 11 is 1.06. The van der Waals surface area contributed by atoms with Gasteiger partial charge in [-0.25, -0.2) is 4.79 Å². The molecular weight excluding hydrogens is 366 g/mol. The molecule has 0 aliphatic heterocycles. The van der Waals surface area contributed by atoms with Crippen molar-refractivity contribution in [3.05, 3.63) is 27.5 Å². The van der Waals surface area contributed by atoms with E-state index in [-0.39, 0.29) is 40.5 Å². The van der Waals surface area contributed by atoms with E-state index in [2.05, 4.69) is 24.1 Å². The van der Waals surface area contributed by atoms with E-state index in [1.54, 1.807) is 6.92 Å². The molecule has 27 heavy (non-hydrogen) atoms. The van der Waals surface area contributed by atoms with Crippen LogP contribution in [0.4, 0.5) is 0 Å². The Kier molecular flexibility index (Phi) is 9.65. The molecule has 1 amide bonds. The van der Waals surface area contributed by atoms with Crippen LogP contribution in [0.25, 0.3) is 0 Å². The van der Waals surface area contributed by atoms with E-state index in [9.17, 15) is 19.6 Å². The van der Waals surface area contributed by atoms with E-state index in [1.165, 1.54) is 6.07 Å².